The summed E-state index contributed by atoms with van der Waals surface area (Å²) in [5.41, 5.74) is 2.40. The van der Waals surface area contributed by atoms with E-state index in [9.17, 15) is 9.59 Å². The quantitative estimate of drug-likeness (QED) is 0.736. The first kappa shape index (κ1) is 17.6. The van der Waals surface area contributed by atoms with Gasteiger partial charge in [0.2, 0.25) is 0 Å². The van der Waals surface area contributed by atoms with Crippen LogP contribution in [-0.2, 0) is 13.6 Å². The number of imidazole rings is 1. The summed E-state index contributed by atoms with van der Waals surface area (Å²) in [6.45, 7) is 0.923. The molecule has 0 radical (unpaired) electrons. The van der Waals surface area contributed by atoms with Gasteiger partial charge in [0, 0.05) is 14.1 Å². The van der Waals surface area contributed by atoms with Crippen LogP contribution in [-0.4, -0.2) is 45.4 Å². The summed E-state index contributed by atoms with van der Waals surface area (Å²) in [5.74, 6) is 0.563. The van der Waals surface area contributed by atoms with E-state index >= 15 is 0 Å². The molecule has 136 valence electrons. The summed E-state index contributed by atoms with van der Waals surface area (Å²) in [4.78, 5) is 24.7. The molecule has 0 atom stereocenters. The molecule has 7 heteroatoms. The SMILES string of the molecule is CN(CCOc1cccc2c1n(C)c(=O)n2Cc1ccccc1)C(=O)O. The van der Waals surface area contributed by atoms with Gasteiger partial charge in [-0.2, -0.15) is 0 Å². The molecule has 3 rings (SSSR count). The van der Waals surface area contributed by atoms with Crippen LogP contribution in [0, 0.1) is 0 Å². The zero-order valence-electron chi connectivity index (χ0n) is 14.8. The Balaban J connectivity index is 1.91. The normalized spacial score (nSPS) is 10.8. The van der Waals surface area contributed by atoms with Crippen molar-refractivity contribution >= 4 is 17.1 Å². The number of carbonyl (C=O) groups is 1. The fraction of sp³-hybridized carbons (Fsp3) is 0.263. The molecule has 0 aliphatic heterocycles. The minimum Gasteiger partial charge on any atom is -0.489 e. The van der Waals surface area contributed by atoms with Crippen molar-refractivity contribution in [1.82, 2.24) is 14.0 Å². The predicted molar refractivity (Wildman–Crippen MR) is 98.9 cm³/mol. The molecule has 0 saturated carbocycles. The van der Waals surface area contributed by atoms with Gasteiger partial charge in [-0.05, 0) is 17.7 Å². The van der Waals surface area contributed by atoms with E-state index in [0.717, 1.165) is 16.0 Å². The molecule has 3 aromatic rings. The summed E-state index contributed by atoms with van der Waals surface area (Å²) in [6.07, 6.45) is -1.01. The van der Waals surface area contributed by atoms with E-state index < -0.39 is 6.09 Å². The molecule has 0 bridgehead atoms. The number of carboxylic acid groups (broad SMARTS) is 1. The number of hydrogen-bond donors (Lipinski definition) is 1. The van der Waals surface area contributed by atoms with Gasteiger partial charge < -0.3 is 14.7 Å². The number of para-hydroxylation sites is 1. The molecule has 2 aromatic carbocycles. The number of benzene rings is 2. The Bertz CT molecular complexity index is 976. The largest absolute Gasteiger partial charge is 0.489 e. The Morgan fingerprint density at radius 3 is 2.58 bits per heavy atom. The number of aromatic nitrogens is 2. The van der Waals surface area contributed by atoms with Crippen molar-refractivity contribution in [2.24, 2.45) is 7.05 Å². The fourth-order valence-corrected chi connectivity index (χ4v) is 2.87. The van der Waals surface area contributed by atoms with Gasteiger partial charge in [-0.15, -0.1) is 0 Å². The standard InChI is InChI=1S/C19H21N3O4/c1-20(19(24)25)11-12-26-16-10-6-9-15-17(16)21(2)18(23)22(15)13-14-7-4-3-5-8-14/h3-10H,11-13H2,1-2H3,(H,24,25). The van der Waals surface area contributed by atoms with Gasteiger partial charge >= 0.3 is 11.8 Å². The second kappa shape index (κ2) is 7.35. The van der Waals surface area contributed by atoms with Crippen molar-refractivity contribution in [3.8, 4) is 5.75 Å². The maximum Gasteiger partial charge on any atom is 0.407 e. The molecule has 0 fully saturated rings. The molecule has 0 unspecified atom stereocenters. The Morgan fingerprint density at radius 1 is 1.15 bits per heavy atom. The molecule has 1 heterocycles. The highest BCUT2D eigenvalue weighted by Gasteiger charge is 2.15. The van der Waals surface area contributed by atoms with E-state index in [0.29, 0.717) is 17.8 Å². The topological polar surface area (TPSA) is 76.7 Å². The predicted octanol–water partition coefficient (Wildman–Crippen LogP) is 2.38. The third-order valence-electron chi connectivity index (χ3n) is 4.32. The Morgan fingerprint density at radius 2 is 1.88 bits per heavy atom. The first-order valence-electron chi connectivity index (χ1n) is 8.28. The van der Waals surface area contributed by atoms with E-state index in [1.165, 1.54) is 7.05 Å². The van der Waals surface area contributed by atoms with Gasteiger partial charge in [0.1, 0.15) is 17.9 Å². The van der Waals surface area contributed by atoms with Crippen molar-refractivity contribution in [2.45, 2.75) is 6.54 Å². The highest BCUT2D eigenvalue weighted by atomic mass is 16.5. The van der Waals surface area contributed by atoms with Crippen LogP contribution in [0.1, 0.15) is 5.56 Å². The monoisotopic (exact) mass is 355 g/mol. The van der Waals surface area contributed by atoms with E-state index in [1.807, 2.05) is 42.5 Å². The van der Waals surface area contributed by atoms with Crippen LogP contribution in [0.2, 0.25) is 0 Å². The number of fused-ring (bicyclic) bond motifs is 1. The van der Waals surface area contributed by atoms with Gasteiger partial charge in [-0.1, -0.05) is 36.4 Å². The lowest BCUT2D eigenvalue weighted by molar-refractivity contribution is 0.147. The lowest BCUT2D eigenvalue weighted by Gasteiger charge is -2.14. The maximum absolute atomic E-state index is 12.7. The lowest BCUT2D eigenvalue weighted by atomic mass is 10.2. The van der Waals surface area contributed by atoms with E-state index in [1.54, 1.807) is 22.2 Å². The molecule has 0 aliphatic carbocycles. The molecule has 1 aromatic heterocycles. The van der Waals surface area contributed by atoms with Gasteiger partial charge in [-0.25, -0.2) is 9.59 Å². The van der Waals surface area contributed by atoms with Gasteiger partial charge in [0.15, 0.2) is 0 Å². The zero-order chi connectivity index (χ0) is 18.7. The number of aryl methyl sites for hydroxylation is 1. The first-order chi connectivity index (χ1) is 12.5. The van der Waals surface area contributed by atoms with Gasteiger partial charge in [-0.3, -0.25) is 9.13 Å². The van der Waals surface area contributed by atoms with Crippen LogP contribution in [0.3, 0.4) is 0 Å². The van der Waals surface area contributed by atoms with Gasteiger partial charge in [0.05, 0.1) is 18.6 Å². The number of nitrogens with zero attached hydrogens (tertiary/aromatic N) is 3. The zero-order valence-corrected chi connectivity index (χ0v) is 14.8. The van der Waals surface area contributed by atoms with E-state index in [2.05, 4.69) is 0 Å². The molecular formula is C19H21N3O4. The van der Waals surface area contributed by atoms with Crippen molar-refractivity contribution in [1.29, 1.82) is 0 Å². The molecule has 0 spiro atoms. The minimum atomic E-state index is -1.01. The second-order valence-electron chi connectivity index (χ2n) is 6.09. The number of hydrogen-bond acceptors (Lipinski definition) is 3. The minimum absolute atomic E-state index is 0.123. The molecule has 7 nitrogen and oxygen atoms in total. The van der Waals surface area contributed by atoms with Crippen LogP contribution in [0.15, 0.2) is 53.3 Å². The summed E-state index contributed by atoms with van der Waals surface area (Å²) in [7, 11) is 3.20. The lowest BCUT2D eigenvalue weighted by Crippen LogP contribution is -2.29. The Labute approximate surface area is 150 Å². The molecular weight excluding hydrogens is 334 g/mol. The van der Waals surface area contributed by atoms with Crippen molar-refractivity contribution in [2.75, 3.05) is 20.2 Å². The maximum atomic E-state index is 12.7. The third kappa shape index (κ3) is 3.42. The Kier molecular flexibility index (Phi) is 4.97. The van der Waals surface area contributed by atoms with Crippen LogP contribution in [0.25, 0.3) is 11.0 Å². The highest BCUT2D eigenvalue weighted by molar-refractivity contribution is 5.82. The smallest absolute Gasteiger partial charge is 0.407 e. The molecule has 0 aliphatic rings. The van der Waals surface area contributed by atoms with Crippen LogP contribution < -0.4 is 10.4 Å². The van der Waals surface area contributed by atoms with Gasteiger partial charge in [0.25, 0.3) is 0 Å². The summed E-state index contributed by atoms with van der Waals surface area (Å²) in [5, 5.41) is 8.90. The van der Waals surface area contributed by atoms with Crippen molar-refractivity contribution < 1.29 is 14.6 Å². The fourth-order valence-electron chi connectivity index (χ4n) is 2.87. The van der Waals surface area contributed by atoms with Crippen LogP contribution >= 0.6 is 0 Å². The van der Waals surface area contributed by atoms with E-state index in [-0.39, 0.29) is 18.8 Å². The summed E-state index contributed by atoms with van der Waals surface area (Å²) in [6, 6.07) is 15.3. The van der Waals surface area contributed by atoms with Crippen LogP contribution in [0.4, 0.5) is 4.79 Å². The average molecular weight is 355 g/mol. The molecule has 0 saturated heterocycles. The van der Waals surface area contributed by atoms with Crippen molar-refractivity contribution in [3.63, 3.8) is 0 Å². The Hall–Kier alpha value is -3.22. The third-order valence-corrected chi connectivity index (χ3v) is 4.32. The second-order valence-corrected chi connectivity index (χ2v) is 6.09. The number of ether oxygens (including phenoxy) is 1. The number of likely N-dealkylation sites (N-methyl/N-ethyl adjacent to an activating group) is 1. The summed E-state index contributed by atoms with van der Waals surface area (Å²) >= 11 is 0. The highest BCUT2D eigenvalue weighted by Crippen LogP contribution is 2.25. The number of amides is 1. The number of rotatable bonds is 6. The molecule has 1 N–H and O–H groups in total. The average Bonchev–Trinajstić information content (AvgIpc) is 2.88. The summed E-state index contributed by atoms with van der Waals surface area (Å²) < 4.78 is 9.03. The van der Waals surface area contributed by atoms with Crippen LogP contribution in [0.5, 0.6) is 5.75 Å². The van der Waals surface area contributed by atoms with E-state index in [4.69, 9.17) is 9.84 Å². The first-order valence-corrected chi connectivity index (χ1v) is 8.28. The molecule has 1 amide bonds. The van der Waals surface area contributed by atoms with Crippen molar-refractivity contribution in [3.05, 3.63) is 64.6 Å². The molecule has 26 heavy (non-hydrogen) atoms.